The summed E-state index contributed by atoms with van der Waals surface area (Å²) in [5, 5.41) is 2.33. The van der Waals surface area contributed by atoms with E-state index in [0.717, 1.165) is 5.39 Å². The van der Waals surface area contributed by atoms with E-state index in [1.54, 1.807) is 0 Å². The highest BCUT2D eigenvalue weighted by atomic mass is 15.1. The van der Waals surface area contributed by atoms with Crippen molar-refractivity contribution in [3.05, 3.63) is 42.4 Å². The van der Waals surface area contributed by atoms with Crippen molar-refractivity contribution < 1.29 is 1.37 Å². The average Bonchev–Trinajstić information content (AvgIpc) is 2.16. The van der Waals surface area contributed by atoms with E-state index in [4.69, 9.17) is 1.37 Å². The number of benzene rings is 2. The molecule has 1 nitrogen and oxygen atoms in total. The van der Waals surface area contributed by atoms with Crippen LogP contribution >= 0.6 is 0 Å². The summed E-state index contributed by atoms with van der Waals surface area (Å²) in [5.41, 5.74) is 1.20. The summed E-state index contributed by atoms with van der Waals surface area (Å²) in [6.45, 7) is 0. The molecule has 0 aromatic heterocycles. The van der Waals surface area contributed by atoms with Crippen molar-refractivity contribution in [3.63, 3.8) is 0 Å². The molecule has 13 heavy (non-hydrogen) atoms. The van der Waals surface area contributed by atoms with Crippen LogP contribution in [0.1, 0.15) is 1.37 Å². The molecule has 0 amide bonds. The second-order valence-corrected chi connectivity index (χ2v) is 3.32. The third-order valence-electron chi connectivity index (χ3n) is 2.18. The summed E-state index contributed by atoms with van der Waals surface area (Å²) in [4.78, 5) is 2.09. The van der Waals surface area contributed by atoms with Gasteiger partial charge in [-0.05, 0) is 11.5 Å². The van der Waals surface area contributed by atoms with Crippen LogP contribution in [0.4, 0.5) is 5.69 Å². The molecular formula is C12H13N. The normalized spacial score (nSPS) is 11.4. The van der Waals surface area contributed by atoms with Crippen LogP contribution in [0.2, 0.25) is 0 Å². The maximum Gasteiger partial charge on any atom is 0.0623 e. The third-order valence-corrected chi connectivity index (χ3v) is 2.18. The summed E-state index contributed by atoms with van der Waals surface area (Å²) in [7, 11) is 4.06. The van der Waals surface area contributed by atoms with Crippen LogP contribution in [0.25, 0.3) is 10.8 Å². The highest BCUT2D eigenvalue weighted by Gasteiger charge is 1.99. The molecule has 0 fully saturated rings. The van der Waals surface area contributed by atoms with Gasteiger partial charge < -0.3 is 4.90 Å². The minimum absolute atomic E-state index is 0.563. The Morgan fingerprint density at radius 1 is 1.08 bits per heavy atom. The Bertz CT molecular complexity index is 463. The van der Waals surface area contributed by atoms with Crippen LogP contribution in [-0.4, -0.2) is 14.1 Å². The van der Waals surface area contributed by atoms with Crippen LogP contribution in [0.3, 0.4) is 0 Å². The van der Waals surface area contributed by atoms with Gasteiger partial charge in [-0.1, -0.05) is 36.4 Å². The van der Waals surface area contributed by atoms with Crippen LogP contribution in [0, 0.1) is 0 Å². The highest BCUT2D eigenvalue weighted by Crippen LogP contribution is 2.24. The molecule has 0 saturated carbocycles. The van der Waals surface area contributed by atoms with E-state index in [0.29, 0.717) is 6.04 Å². The first-order valence-electron chi connectivity index (χ1n) is 4.85. The number of rotatable bonds is 1. The fraction of sp³-hybridized carbons (Fsp3) is 0.167. The lowest BCUT2D eigenvalue weighted by Crippen LogP contribution is -2.08. The first-order valence-corrected chi connectivity index (χ1v) is 4.35. The van der Waals surface area contributed by atoms with Crippen molar-refractivity contribution in [2.45, 2.75) is 0 Å². The Hall–Kier alpha value is -1.50. The van der Waals surface area contributed by atoms with Gasteiger partial charge in [-0.15, -0.1) is 0 Å². The van der Waals surface area contributed by atoms with Crippen molar-refractivity contribution >= 4 is 16.5 Å². The molecule has 66 valence electrons. The molecular weight excluding hydrogens is 158 g/mol. The maximum atomic E-state index is 7.54. The van der Waals surface area contributed by atoms with Gasteiger partial charge in [0.2, 0.25) is 0 Å². The fourth-order valence-electron chi connectivity index (χ4n) is 1.54. The Morgan fingerprint density at radius 2 is 1.92 bits per heavy atom. The number of anilines is 1. The Morgan fingerprint density at radius 3 is 2.69 bits per heavy atom. The van der Waals surface area contributed by atoms with Crippen LogP contribution in [-0.2, 0) is 0 Å². The number of hydrogen-bond acceptors (Lipinski definition) is 1. The largest absolute Gasteiger partial charge is 0.377 e. The second kappa shape index (κ2) is 3.09. The van der Waals surface area contributed by atoms with E-state index in [1.165, 1.54) is 11.1 Å². The van der Waals surface area contributed by atoms with Gasteiger partial charge in [0.15, 0.2) is 0 Å². The second-order valence-electron chi connectivity index (χ2n) is 3.32. The Labute approximate surface area is 80.0 Å². The highest BCUT2D eigenvalue weighted by molar-refractivity contribution is 5.94. The lowest BCUT2D eigenvalue weighted by Gasteiger charge is -2.14. The lowest BCUT2D eigenvalue weighted by atomic mass is 10.1. The predicted octanol–water partition coefficient (Wildman–Crippen LogP) is 2.91. The number of nitrogens with zero attached hydrogens (tertiary/aromatic N) is 1. The first kappa shape index (κ1) is 6.96. The average molecular weight is 172 g/mol. The standard InChI is InChI=1S/C12H13N/c1-13(2)12-9-5-7-10-6-3-4-8-11(10)12/h3-9H,1-2H3/i3D. The zero-order valence-corrected chi connectivity index (χ0v) is 7.91. The monoisotopic (exact) mass is 172 g/mol. The smallest absolute Gasteiger partial charge is 0.0623 e. The number of fused-ring (bicyclic) bond motifs is 1. The van der Waals surface area contributed by atoms with E-state index < -0.39 is 0 Å². The zero-order chi connectivity index (χ0) is 10.1. The summed E-state index contributed by atoms with van der Waals surface area (Å²) < 4.78 is 7.54. The Balaban J connectivity index is 2.75. The van der Waals surface area contributed by atoms with Crippen molar-refractivity contribution in [2.24, 2.45) is 0 Å². The van der Waals surface area contributed by atoms with Crippen molar-refractivity contribution in [1.29, 1.82) is 0 Å². The van der Waals surface area contributed by atoms with Crippen molar-refractivity contribution in [3.8, 4) is 0 Å². The van der Waals surface area contributed by atoms with Crippen molar-refractivity contribution in [2.75, 3.05) is 19.0 Å². The zero-order valence-electron chi connectivity index (χ0n) is 8.91. The molecule has 0 saturated heterocycles. The molecule has 0 atom stereocenters. The van der Waals surface area contributed by atoms with Gasteiger partial charge in [0.05, 0.1) is 1.37 Å². The SMILES string of the molecule is [2H]c1ccc2c(N(C)C)cccc2c1. The molecule has 2 rings (SSSR count). The summed E-state index contributed by atoms with van der Waals surface area (Å²) in [6, 6.07) is 12.4. The minimum atomic E-state index is 0.563. The van der Waals surface area contributed by atoms with Gasteiger partial charge in [0.25, 0.3) is 0 Å². The molecule has 2 aromatic rings. The van der Waals surface area contributed by atoms with E-state index >= 15 is 0 Å². The molecule has 0 aliphatic heterocycles. The van der Waals surface area contributed by atoms with Crippen LogP contribution in [0.15, 0.2) is 42.4 Å². The van der Waals surface area contributed by atoms with E-state index in [2.05, 4.69) is 11.0 Å². The van der Waals surface area contributed by atoms with E-state index in [1.807, 2.05) is 44.4 Å². The van der Waals surface area contributed by atoms with E-state index in [-0.39, 0.29) is 0 Å². The van der Waals surface area contributed by atoms with Gasteiger partial charge in [-0.25, -0.2) is 0 Å². The molecule has 0 N–H and O–H groups in total. The van der Waals surface area contributed by atoms with Crippen LogP contribution < -0.4 is 4.90 Å². The van der Waals surface area contributed by atoms with Gasteiger partial charge in [-0.3, -0.25) is 0 Å². The maximum absolute atomic E-state index is 7.54. The summed E-state index contributed by atoms with van der Waals surface area (Å²) in [5.74, 6) is 0. The lowest BCUT2D eigenvalue weighted by molar-refractivity contribution is 1.14. The molecule has 0 radical (unpaired) electrons. The first-order chi connectivity index (χ1) is 6.68. The molecule has 0 spiro atoms. The third kappa shape index (κ3) is 1.37. The van der Waals surface area contributed by atoms with Gasteiger partial charge >= 0.3 is 0 Å². The van der Waals surface area contributed by atoms with Gasteiger partial charge in [0.1, 0.15) is 0 Å². The molecule has 2 aromatic carbocycles. The molecule has 0 bridgehead atoms. The summed E-state index contributed by atoms with van der Waals surface area (Å²) >= 11 is 0. The quantitative estimate of drug-likeness (QED) is 0.639. The van der Waals surface area contributed by atoms with E-state index in [9.17, 15) is 0 Å². The Kier molecular flexibility index (Phi) is 1.66. The van der Waals surface area contributed by atoms with Crippen LogP contribution in [0.5, 0.6) is 0 Å². The van der Waals surface area contributed by atoms with Gasteiger partial charge in [-0.2, -0.15) is 0 Å². The molecule has 0 heterocycles. The number of hydrogen-bond donors (Lipinski definition) is 0. The molecule has 0 unspecified atom stereocenters. The predicted molar refractivity (Wildman–Crippen MR) is 58.3 cm³/mol. The molecule has 1 heteroatoms. The van der Waals surface area contributed by atoms with Gasteiger partial charge in [0, 0.05) is 25.2 Å². The summed E-state index contributed by atoms with van der Waals surface area (Å²) in [6.07, 6.45) is 0. The minimum Gasteiger partial charge on any atom is -0.377 e. The topological polar surface area (TPSA) is 3.24 Å². The van der Waals surface area contributed by atoms with Crippen molar-refractivity contribution in [1.82, 2.24) is 0 Å². The molecule has 0 aliphatic carbocycles. The molecule has 0 aliphatic rings. The fourth-order valence-corrected chi connectivity index (χ4v) is 1.54.